The summed E-state index contributed by atoms with van der Waals surface area (Å²) >= 11 is 0. The molecular weight excluding hydrogens is 136 g/mol. The van der Waals surface area contributed by atoms with E-state index in [9.17, 15) is 0 Å². The molecule has 0 radical (unpaired) electrons. The van der Waals surface area contributed by atoms with Gasteiger partial charge in [-0.2, -0.15) is 0 Å². The quantitative estimate of drug-likeness (QED) is 0.593. The minimum Gasteiger partial charge on any atom is -0.369 e. The van der Waals surface area contributed by atoms with Crippen molar-refractivity contribution in [1.82, 2.24) is 10.2 Å². The molecule has 1 rings (SSSR count). The zero-order valence-electron chi connectivity index (χ0n) is 7.14. The molecule has 1 aliphatic heterocycles. The van der Waals surface area contributed by atoms with E-state index in [1.807, 2.05) is 6.08 Å². The van der Waals surface area contributed by atoms with E-state index in [1.165, 1.54) is 0 Å². The Morgan fingerprint density at radius 2 is 2.45 bits per heavy atom. The van der Waals surface area contributed by atoms with Crippen LogP contribution in [0.4, 0.5) is 0 Å². The third-order valence-electron chi connectivity index (χ3n) is 2.01. The molecular formula is C9H16N2. The molecule has 1 heterocycles. The van der Waals surface area contributed by atoms with Crippen molar-refractivity contribution >= 4 is 0 Å². The lowest BCUT2D eigenvalue weighted by Crippen LogP contribution is -2.48. The highest BCUT2D eigenvalue weighted by molar-refractivity contribution is 5.10. The van der Waals surface area contributed by atoms with Gasteiger partial charge < -0.3 is 10.2 Å². The predicted octanol–water partition coefficient (Wildman–Crippen LogP) is 0.980. The highest BCUT2D eigenvalue weighted by atomic mass is 15.2. The second kappa shape index (κ2) is 3.58. The first-order valence-corrected chi connectivity index (χ1v) is 4.03. The number of nitrogens with one attached hydrogen (secondary N) is 1. The lowest BCUT2D eigenvalue weighted by molar-refractivity contribution is 0.263. The summed E-state index contributed by atoms with van der Waals surface area (Å²) < 4.78 is 0. The van der Waals surface area contributed by atoms with E-state index < -0.39 is 0 Å². The fourth-order valence-electron chi connectivity index (χ4n) is 1.32. The topological polar surface area (TPSA) is 15.3 Å². The van der Waals surface area contributed by atoms with E-state index in [1.54, 1.807) is 0 Å². The molecule has 0 aromatic rings. The van der Waals surface area contributed by atoms with Crippen LogP contribution in [0.3, 0.4) is 0 Å². The van der Waals surface area contributed by atoms with Crippen LogP contribution in [0.2, 0.25) is 0 Å². The molecule has 1 atom stereocenters. The van der Waals surface area contributed by atoms with Crippen molar-refractivity contribution in [2.45, 2.75) is 13.0 Å². The molecule has 1 aliphatic rings. The average Bonchev–Trinajstić information content (AvgIpc) is 2.03. The molecule has 0 aromatic carbocycles. The fraction of sp³-hybridized carbons (Fsp3) is 0.556. The molecule has 0 saturated carbocycles. The van der Waals surface area contributed by atoms with Gasteiger partial charge in [0.25, 0.3) is 0 Å². The number of hydrogen-bond acceptors (Lipinski definition) is 2. The van der Waals surface area contributed by atoms with Crippen LogP contribution in [0.15, 0.2) is 24.9 Å². The number of rotatable bonds is 2. The van der Waals surface area contributed by atoms with Gasteiger partial charge in [0, 0.05) is 31.4 Å². The maximum absolute atomic E-state index is 3.91. The van der Waals surface area contributed by atoms with Crippen LogP contribution in [0, 0.1) is 0 Å². The number of hydrogen-bond donors (Lipinski definition) is 1. The monoisotopic (exact) mass is 152 g/mol. The number of allylic oxidation sites excluding steroid dienone is 1. The van der Waals surface area contributed by atoms with E-state index in [0.29, 0.717) is 6.04 Å². The van der Waals surface area contributed by atoms with Crippen LogP contribution in [0.5, 0.6) is 0 Å². The highest BCUT2D eigenvalue weighted by Crippen LogP contribution is 2.06. The molecule has 0 spiro atoms. The third-order valence-corrected chi connectivity index (χ3v) is 2.01. The first-order chi connectivity index (χ1) is 5.24. The second-order valence-corrected chi connectivity index (χ2v) is 3.00. The van der Waals surface area contributed by atoms with Crippen molar-refractivity contribution < 1.29 is 0 Å². The molecule has 1 fully saturated rings. The van der Waals surface area contributed by atoms with Crippen LogP contribution in [0.25, 0.3) is 0 Å². The van der Waals surface area contributed by atoms with Crippen molar-refractivity contribution in [3.05, 3.63) is 24.9 Å². The van der Waals surface area contributed by atoms with Gasteiger partial charge in [-0.1, -0.05) is 13.2 Å². The summed E-state index contributed by atoms with van der Waals surface area (Å²) in [6, 6.07) is 0.570. The van der Waals surface area contributed by atoms with Gasteiger partial charge in [-0.25, -0.2) is 0 Å². The van der Waals surface area contributed by atoms with Crippen molar-refractivity contribution in [3.63, 3.8) is 0 Å². The second-order valence-electron chi connectivity index (χ2n) is 3.00. The molecule has 1 N–H and O–H groups in total. The lowest BCUT2D eigenvalue weighted by atomic mass is 10.2. The van der Waals surface area contributed by atoms with E-state index in [-0.39, 0.29) is 0 Å². The summed E-state index contributed by atoms with van der Waals surface area (Å²) in [5.41, 5.74) is 1.04. The Morgan fingerprint density at radius 3 is 3.00 bits per heavy atom. The van der Waals surface area contributed by atoms with E-state index in [4.69, 9.17) is 0 Å². The van der Waals surface area contributed by atoms with Crippen LogP contribution < -0.4 is 5.32 Å². The summed E-state index contributed by atoms with van der Waals surface area (Å²) in [5, 5.41) is 3.37. The summed E-state index contributed by atoms with van der Waals surface area (Å²) in [6.07, 6.45) is 1.82. The van der Waals surface area contributed by atoms with Crippen molar-refractivity contribution in [2.24, 2.45) is 0 Å². The number of nitrogens with zero attached hydrogens (tertiary/aromatic N) is 1. The smallest absolute Gasteiger partial charge is 0.0329 e. The van der Waals surface area contributed by atoms with Gasteiger partial charge >= 0.3 is 0 Å². The van der Waals surface area contributed by atoms with E-state index in [0.717, 1.165) is 25.3 Å². The van der Waals surface area contributed by atoms with Crippen molar-refractivity contribution in [3.8, 4) is 0 Å². The van der Waals surface area contributed by atoms with Crippen LogP contribution in [-0.2, 0) is 0 Å². The van der Waals surface area contributed by atoms with Gasteiger partial charge in [-0.05, 0) is 13.0 Å². The van der Waals surface area contributed by atoms with Gasteiger partial charge in [0.15, 0.2) is 0 Å². The minimum absolute atomic E-state index is 0.570. The number of piperazine rings is 1. The summed E-state index contributed by atoms with van der Waals surface area (Å²) in [4.78, 5) is 2.26. The predicted molar refractivity (Wildman–Crippen MR) is 48.4 cm³/mol. The molecule has 0 amide bonds. The average molecular weight is 152 g/mol. The highest BCUT2D eigenvalue weighted by Gasteiger charge is 2.14. The van der Waals surface area contributed by atoms with Crippen LogP contribution >= 0.6 is 0 Å². The van der Waals surface area contributed by atoms with Crippen LogP contribution in [-0.4, -0.2) is 30.6 Å². The van der Waals surface area contributed by atoms with Crippen molar-refractivity contribution in [2.75, 3.05) is 19.6 Å². The van der Waals surface area contributed by atoms with Gasteiger partial charge in [0.2, 0.25) is 0 Å². The fourth-order valence-corrected chi connectivity index (χ4v) is 1.32. The minimum atomic E-state index is 0.570. The van der Waals surface area contributed by atoms with Crippen LogP contribution in [0.1, 0.15) is 6.92 Å². The van der Waals surface area contributed by atoms with E-state index >= 15 is 0 Å². The molecule has 1 saturated heterocycles. The molecule has 2 heteroatoms. The summed E-state index contributed by atoms with van der Waals surface area (Å²) in [6.45, 7) is 12.9. The van der Waals surface area contributed by atoms with Crippen molar-refractivity contribution in [1.29, 1.82) is 0 Å². The van der Waals surface area contributed by atoms with Gasteiger partial charge in [0.05, 0.1) is 0 Å². The molecule has 0 bridgehead atoms. The normalized spacial score (nSPS) is 24.8. The molecule has 0 aromatic heterocycles. The first-order valence-electron chi connectivity index (χ1n) is 4.03. The van der Waals surface area contributed by atoms with Gasteiger partial charge in [-0.3, -0.25) is 0 Å². The zero-order valence-corrected chi connectivity index (χ0v) is 7.14. The lowest BCUT2D eigenvalue weighted by Gasteiger charge is -2.33. The largest absolute Gasteiger partial charge is 0.369 e. The SMILES string of the molecule is C=CC(=C)N1CCNC(C)C1. The summed E-state index contributed by atoms with van der Waals surface area (Å²) in [5.74, 6) is 0. The molecule has 0 aliphatic carbocycles. The molecule has 11 heavy (non-hydrogen) atoms. The maximum atomic E-state index is 3.91. The van der Waals surface area contributed by atoms with Gasteiger partial charge in [0.1, 0.15) is 0 Å². The molecule has 1 unspecified atom stereocenters. The van der Waals surface area contributed by atoms with Gasteiger partial charge in [-0.15, -0.1) is 0 Å². The Bertz CT molecular complexity index is 163. The Hall–Kier alpha value is -0.760. The zero-order chi connectivity index (χ0) is 8.27. The Labute approximate surface area is 68.6 Å². The Kier molecular flexibility index (Phi) is 2.71. The molecule has 2 nitrogen and oxygen atoms in total. The first kappa shape index (κ1) is 8.34. The van der Waals surface area contributed by atoms with E-state index in [2.05, 4.69) is 30.3 Å². The Morgan fingerprint density at radius 1 is 1.73 bits per heavy atom. The summed E-state index contributed by atoms with van der Waals surface area (Å²) in [7, 11) is 0. The standard InChI is InChI=1S/C9H16N2/c1-4-9(3)11-6-5-10-8(2)7-11/h4,8,10H,1,3,5-7H2,2H3. The molecule has 62 valence electrons. The Balaban J connectivity index is 2.45. The third kappa shape index (κ3) is 2.09. The maximum Gasteiger partial charge on any atom is 0.0329 e.